The SMILES string of the molecule is O=S(=O)(c1ccc(F)cc1F)N1CCN(CCCC(c2ccc(F)cc2)c2ccc(F)cc2)CC1. The van der Waals surface area contributed by atoms with Crippen LogP contribution in [-0.4, -0.2) is 50.3 Å². The summed E-state index contributed by atoms with van der Waals surface area (Å²) in [5.74, 6) is -2.59. The van der Waals surface area contributed by atoms with Gasteiger partial charge >= 0.3 is 0 Å². The van der Waals surface area contributed by atoms with Gasteiger partial charge in [-0.2, -0.15) is 4.31 Å². The molecular weight excluding hydrogens is 480 g/mol. The molecule has 186 valence electrons. The van der Waals surface area contributed by atoms with E-state index in [0.29, 0.717) is 19.2 Å². The summed E-state index contributed by atoms with van der Waals surface area (Å²) in [7, 11) is -4.04. The first-order chi connectivity index (χ1) is 16.7. The number of sulfonamides is 1. The summed E-state index contributed by atoms with van der Waals surface area (Å²) in [6.07, 6.45) is 1.54. The van der Waals surface area contributed by atoms with Crippen molar-refractivity contribution >= 4 is 10.0 Å². The second-order valence-corrected chi connectivity index (χ2v) is 10.5. The molecule has 1 fully saturated rings. The van der Waals surface area contributed by atoms with E-state index in [1.165, 1.54) is 28.6 Å². The number of benzene rings is 3. The molecule has 0 aromatic heterocycles. The van der Waals surface area contributed by atoms with Gasteiger partial charge in [0.25, 0.3) is 0 Å². The Balaban J connectivity index is 1.35. The van der Waals surface area contributed by atoms with Gasteiger partial charge in [-0.25, -0.2) is 26.0 Å². The zero-order valence-electron chi connectivity index (χ0n) is 19.0. The van der Waals surface area contributed by atoms with Gasteiger partial charge in [0.05, 0.1) is 0 Å². The van der Waals surface area contributed by atoms with Crippen LogP contribution in [0.4, 0.5) is 17.6 Å². The quantitative estimate of drug-likeness (QED) is 0.396. The monoisotopic (exact) mass is 506 g/mol. The normalized spacial score (nSPS) is 15.6. The van der Waals surface area contributed by atoms with Crippen LogP contribution in [0.5, 0.6) is 0 Å². The molecule has 0 aliphatic carbocycles. The van der Waals surface area contributed by atoms with Crippen LogP contribution in [-0.2, 0) is 10.0 Å². The van der Waals surface area contributed by atoms with Crippen molar-refractivity contribution in [2.24, 2.45) is 0 Å². The fourth-order valence-corrected chi connectivity index (χ4v) is 5.92. The van der Waals surface area contributed by atoms with E-state index in [1.807, 2.05) is 0 Å². The number of hydrogen-bond acceptors (Lipinski definition) is 3. The highest BCUT2D eigenvalue weighted by Crippen LogP contribution is 2.30. The van der Waals surface area contributed by atoms with E-state index in [9.17, 15) is 26.0 Å². The van der Waals surface area contributed by atoms with Gasteiger partial charge in [-0.1, -0.05) is 24.3 Å². The van der Waals surface area contributed by atoms with E-state index >= 15 is 0 Å². The van der Waals surface area contributed by atoms with E-state index in [2.05, 4.69) is 4.90 Å². The highest BCUT2D eigenvalue weighted by molar-refractivity contribution is 7.89. The van der Waals surface area contributed by atoms with Gasteiger partial charge in [-0.15, -0.1) is 0 Å². The predicted molar refractivity (Wildman–Crippen MR) is 125 cm³/mol. The molecular formula is C26H26F4N2O2S. The van der Waals surface area contributed by atoms with Crippen molar-refractivity contribution in [2.75, 3.05) is 32.7 Å². The Kier molecular flexibility index (Phi) is 7.88. The van der Waals surface area contributed by atoms with Crippen LogP contribution in [0.25, 0.3) is 0 Å². The van der Waals surface area contributed by atoms with E-state index in [0.717, 1.165) is 42.6 Å². The predicted octanol–water partition coefficient (Wildman–Crippen LogP) is 5.16. The molecule has 0 saturated carbocycles. The standard InChI is InChI=1S/C26H26F4N2O2S/c27-21-7-3-19(4-8-21)24(20-5-9-22(28)10-6-20)2-1-13-31-14-16-32(17-15-31)35(33,34)26-12-11-23(29)18-25(26)30/h3-12,18,24H,1-2,13-17H2. The molecule has 0 bridgehead atoms. The van der Waals surface area contributed by atoms with Crippen LogP contribution in [0.15, 0.2) is 71.6 Å². The van der Waals surface area contributed by atoms with Crippen LogP contribution in [0, 0.1) is 23.3 Å². The van der Waals surface area contributed by atoms with Crippen LogP contribution < -0.4 is 0 Å². The summed E-state index contributed by atoms with van der Waals surface area (Å²) in [6, 6.07) is 15.1. The average molecular weight is 507 g/mol. The molecule has 4 nitrogen and oxygen atoms in total. The van der Waals surface area contributed by atoms with E-state index in [-0.39, 0.29) is 30.6 Å². The molecule has 3 aromatic carbocycles. The zero-order chi connectivity index (χ0) is 25.0. The van der Waals surface area contributed by atoms with Crippen molar-refractivity contribution in [3.63, 3.8) is 0 Å². The summed E-state index contributed by atoms with van der Waals surface area (Å²) in [6.45, 7) is 2.11. The minimum Gasteiger partial charge on any atom is -0.301 e. The Morgan fingerprint density at radius 3 is 1.74 bits per heavy atom. The Hall–Kier alpha value is -2.75. The first-order valence-corrected chi connectivity index (χ1v) is 12.9. The van der Waals surface area contributed by atoms with Crippen molar-refractivity contribution in [1.82, 2.24) is 9.21 Å². The topological polar surface area (TPSA) is 40.6 Å². The Bertz CT molecular complexity index is 1200. The van der Waals surface area contributed by atoms with E-state index < -0.39 is 26.6 Å². The second kappa shape index (κ2) is 10.9. The summed E-state index contributed by atoms with van der Waals surface area (Å²) in [5, 5.41) is 0. The Morgan fingerprint density at radius 2 is 1.23 bits per heavy atom. The molecule has 0 N–H and O–H groups in total. The highest BCUT2D eigenvalue weighted by atomic mass is 32.2. The van der Waals surface area contributed by atoms with Crippen LogP contribution in [0.1, 0.15) is 29.9 Å². The van der Waals surface area contributed by atoms with Crippen molar-refractivity contribution in [3.05, 3.63) is 101 Å². The number of halogens is 4. The van der Waals surface area contributed by atoms with Crippen molar-refractivity contribution in [3.8, 4) is 0 Å². The Labute approximate surface area is 202 Å². The van der Waals surface area contributed by atoms with Crippen LogP contribution in [0.2, 0.25) is 0 Å². The van der Waals surface area contributed by atoms with Gasteiger partial charge in [0.2, 0.25) is 10.0 Å². The van der Waals surface area contributed by atoms with Crippen LogP contribution >= 0.6 is 0 Å². The van der Waals surface area contributed by atoms with Gasteiger partial charge in [0.15, 0.2) is 0 Å². The molecule has 1 saturated heterocycles. The van der Waals surface area contributed by atoms with Crippen LogP contribution in [0.3, 0.4) is 0 Å². The minimum atomic E-state index is -4.04. The third kappa shape index (κ3) is 6.09. The van der Waals surface area contributed by atoms with E-state index in [1.54, 1.807) is 24.3 Å². The van der Waals surface area contributed by atoms with Gasteiger partial charge < -0.3 is 4.90 Å². The third-order valence-corrected chi connectivity index (χ3v) is 8.29. The minimum absolute atomic E-state index is 0.0284. The number of piperazine rings is 1. The van der Waals surface area contributed by atoms with Crippen molar-refractivity contribution < 1.29 is 26.0 Å². The lowest BCUT2D eigenvalue weighted by Gasteiger charge is -2.34. The highest BCUT2D eigenvalue weighted by Gasteiger charge is 2.30. The molecule has 3 aromatic rings. The lowest BCUT2D eigenvalue weighted by atomic mass is 9.87. The molecule has 0 unspecified atom stereocenters. The maximum absolute atomic E-state index is 14.0. The Morgan fingerprint density at radius 1 is 0.714 bits per heavy atom. The van der Waals surface area contributed by atoms with Gasteiger partial charge in [0.1, 0.15) is 28.2 Å². The average Bonchev–Trinajstić information content (AvgIpc) is 2.83. The molecule has 1 aliphatic heterocycles. The molecule has 4 rings (SSSR count). The first-order valence-electron chi connectivity index (χ1n) is 11.4. The molecule has 0 atom stereocenters. The van der Waals surface area contributed by atoms with Gasteiger partial charge in [-0.05, 0) is 66.9 Å². The molecule has 9 heteroatoms. The third-order valence-electron chi connectivity index (χ3n) is 6.35. The fraction of sp³-hybridized carbons (Fsp3) is 0.308. The van der Waals surface area contributed by atoms with Crippen molar-refractivity contribution in [1.29, 1.82) is 0 Å². The largest absolute Gasteiger partial charge is 0.301 e. The maximum Gasteiger partial charge on any atom is 0.246 e. The molecule has 0 radical (unpaired) electrons. The smallest absolute Gasteiger partial charge is 0.246 e. The molecule has 1 aliphatic rings. The zero-order valence-corrected chi connectivity index (χ0v) is 19.8. The molecule has 0 amide bonds. The lowest BCUT2D eigenvalue weighted by Crippen LogP contribution is -2.48. The summed E-state index contributed by atoms with van der Waals surface area (Å²) in [5.41, 5.74) is 1.88. The second-order valence-electron chi connectivity index (χ2n) is 8.62. The molecule has 0 spiro atoms. The summed E-state index contributed by atoms with van der Waals surface area (Å²) in [4.78, 5) is 1.62. The fourth-order valence-electron chi connectivity index (χ4n) is 4.45. The number of nitrogens with zero attached hydrogens (tertiary/aromatic N) is 2. The number of hydrogen-bond donors (Lipinski definition) is 0. The van der Waals surface area contributed by atoms with Gasteiger partial charge in [0, 0.05) is 38.2 Å². The molecule has 1 heterocycles. The summed E-state index contributed by atoms with van der Waals surface area (Å²) < 4.78 is 80.8. The first kappa shape index (κ1) is 25.3. The van der Waals surface area contributed by atoms with E-state index in [4.69, 9.17) is 0 Å². The summed E-state index contributed by atoms with van der Waals surface area (Å²) >= 11 is 0. The number of rotatable bonds is 8. The van der Waals surface area contributed by atoms with Crippen molar-refractivity contribution in [2.45, 2.75) is 23.7 Å². The molecule has 35 heavy (non-hydrogen) atoms. The van der Waals surface area contributed by atoms with Gasteiger partial charge in [-0.3, -0.25) is 0 Å². The maximum atomic E-state index is 14.0. The lowest BCUT2D eigenvalue weighted by molar-refractivity contribution is 0.185.